The van der Waals surface area contributed by atoms with Crippen LogP contribution in [0.3, 0.4) is 0 Å². The van der Waals surface area contributed by atoms with Crippen LogP contribution >= 0.6 is 11.6 Å². The molecule has 0 bridgehead atoms. The lowest BCUT2D eigenvalue weighted by molar-refractivity contribution is -0.136. The number of esters is 1. The van der Waals surface area contributed by atoms with E-state index in [1.807, 2.05) is 38.1 Å². The highest BCUT2D eigenvalue weighted by Crippen LogP contribution is 2.43. The molecular weight excluding hydrogens is 440 g/mol. The number of carbonyl (C=O) groups is 1. The van der Waals surface area contributed by atoms with Crippen molar-refractivity contribution in [1.82, 2.24) is 0 Å². The van der Waals surface area contributed by atoms with E-state index in [2.05, 4.69) is 6.07 Å². The topological polar surface area (TPSA) is 94.6 Å². The van der Waals surface area contributed by atoms with Crippen LogP contribution in [0.2, 0.25) is 5.02 Å². The molecular formula is C26H21ClN2O4. The van der Waals surface area contributed by atoms with Crippen molar-refractivity contribution in [2.75, 3.05) is 6.61 Å². The number of carbonyl (C=O) groups excluding carboxylic acids is 1. The van der Waals surface area contributed by atoms with Gasteiger partial charge in [-0.05, 0) is 54.8 Å². The Morgan fingerprint density at radius 3 is 2.64 bits per heavy atom. The summed E-state index contributed by atoms with van der Waals surface area (Å²) in [6, 6.07) is 20.0. The fourth-order valence-electron chi connectivity index (χ4n) is 3.68. The maximum absolute atomic E-state index is 12.4. The predicted molar refractivity (Wildman–Crippen MR) is 124 cm³/mol. The molecule has 1 atom stereocenters. The number of nitrogens with zero attached hydrogens (tertiary/aromatic N) is 1. The van der Waals surface area contributed by atoms with Crippen LogP contribution in [0.4, 0.5) is 0 Å². The minimum atomic E-state index is -0.554. The zero-order valence-electron chi connectivity index (χ0n) is 18.1. The molecule has 1 aliphatic heterocycles. The molecule has 0 aliphatic carbocycles. The molecule has 166 valence electrons. The van der Waals surface area contributed by atoms with Gasteiger partial charge in [-0.2, -0.15) is 5.26 Å². The smallest absolute Gasteiger partial charge is 0.349 e. The van der Waals surface area contributed by atoms with Crippen molar-refractivity contribution in [2.24, 2.45) is 5.73 Å². The maximum atomic E-state index is 12.4. The number of rotatable bonds is 5. The number of aryl methyl sites for hydroxylation is 1. The number of halogens is 1. The molecule has 7 heteroatoms. The first kappa shape index (κ1) is 22.3. The van der Waals surface area contributed by atoms with Gasteiger partial charge in [-0.3, -0.25) is 0 Å². The molecule has 0 aromatic heterocycles. The van der Waals surface area contributed by atoms with E-state index >= 15 is 0 Å². The lowest BCUT2D eigenvalue weighted by Gasteiger charge is -2.26. The van der Waals surface area contributed by atoms with Crippen LogP contribution in [0.25, 0.3) is 0 Å². The van der Waals surface area contributed by atoms with E-state index in [4.69, 9.17) is 31.5 Å². The first-order valence-electron chi connectivity index (χ1n) is 10.2. The highest BCUT2D eigenvalue weighted by Gasteiger charge is 2.31. The van der Waals surface area contributed by atoms with E-state index in [1.54, 1.807) is 36.4 Å². The van der Waals surface area contributed by atoms with Crippen LogP contribution in [-0.4, -0.2) is 12.6 Å². The summed E-state index contributed by atoms with van der Waals surface area (Å²) in [5.74, 6) is 0.356. The van der Waals surface area contributed by atoms with Crippen LogP contribution in [-0.2, 0) is 4.79 Å². The Bertz CT molecular complexity index is 1290. The molecule has 0 spiro atoms. The first-order valence-corrected chi connectivity index (χ1v) is 10.6. The van der Waals surface area contributed by atoms with Crippen molar-refractivity contribution in [3.8, 4) is 23.3 Å². The number of hydrogen-bond acceptors (Lipinski definition) is 6. The molecule has 0 fully saturated rings. The first-order chi connectivity index (χ1) is 15.9. The molecule has 0 radical (unpaired) electrons. The van der Waals surface area contributed by atoms with E-state index in [-0.39, 0.29) is 18.2 Å². The molecule has 1 heterocycles. The number of fused-ring (bicyclic) bond motifs is 1. The molecule has 6 nitrogen and oxygen atoms in total. The Morgan fingerprint density at radius 1 is 1.15 bits per heavy atom. The van der Waals surface area contributed by atoms with Gasteiger partial charge in [0.15, 0.2) is 6.61 Å². The Kier molecular flexibility index (Phi) is 6.25. The van der Waals surface area contributed by atoms with E-state index in [0.717, 1.165) is 22.3 Å². The normalized spacial score (nSPS) is 14.7. The number of hydrogen-bond donors (Lipinski definition) is 1. The van der Waals surface area contributed by atoms with Gasteiger partial charge in [0.1, 0.15) is 28.9 Å². The van der Waals surface area contributed by atoms with Crippen molar-refractivity contribution in [1.29, 1.82) is 5.26 Å². The van der Waals surface area contributed by atoms with Crippen LogP contribution in [0, 0.1) is 25.2 Å². The van der Waals surface area contributed by atoms with Gasteiger partial charge in [0, 0.05) is 16.7 Å². The van der Waals surface area contributed by atoms with Crippen LogP contribution in [0.1, 0.15) is 28.2 Å². The Morgan fingerprint density at radius 2 is 1.91 bits per heavy atom. The fourth-order valence-corrected chi connectivity index (χ4v) is 3.80. The molecule has 1 aliphatic rings. The standard InChI is InChI=1S/C26H21ClN2O4/c1-15-4-3-5-22(16(15)2)31-14-24(30)32-19-10-11-20-23(12-19)33-26(29)21(13-28)25(20)17-6-8-18(27)9-7-17/h3-12,25H,14,29H2,1-2H3. The molecule has 0 amide bonds. The lowest BCUT2D eigenvalue weighted by Crippen LogP contribution is -2.21. The van der Waals surface area contributed by atoms with Gasteiger partial charge in [0.05, 0.1) is 5.92 Å². The van der Waals surface area contributed by atoms with Crippen molar-refractivity contribution in [3.63, 3.8) is 0 Å². The molecule has 33 heavy (non-hydrogen) atoms. The Hall–Kier alpha value is -3.95. The third-order valence-electron chi connectivity index (χ3n) is 5.53. The van der Waals surface area contributed by atoms with Gasteiger partial charge in [-0.1, -0.05) is 41.9 Å². The van der Waals surface area contributed by atoms with E-state index in [9.17, 15) is 10.1 Å². The summed E-state index contributed by atoms with van der Waals surface area (Å²) < 4.78 is 16.7. The van der Waals surface area contributed by atoms with Crippen molar-refractivity contribution in [2.45, 2.75) is 19.8 Å². The summed E-state index contributed by atoms with van der Waals surface area (Å²) in [6.07, 6.45) is 0. The van der Waals surface area contributed by atoms with Crippen LogP contribution in [0.15, 0.2) is 72.1 Å². The Labute approximate surface area is 196 Å². The summed E-state index contributed by atoms with van der Waals surface area (Å²) in [7, 11) is 0. The monoisotopic (exact) mass is 460 g/mol. The second-order valence-electron chi connectivity index (χ2n) is 7.64. The molecule has 2 N–H and O–H groups in total. The van der Waals surface area contributed by atoms with E-state index < -0.39 is 11.9 Å². The summed E-state index contributed by atoms with van der Waals surface area (Å²) in [4.78, 5) is 12.4. The summed E-state index contributed by atoms with van der Waals surface area (Å²) in [5.41, 5.74) is 9.95. The van der Waals surface area contributed by atoms with Crippen molar-refractivity contribution in [3.05, 3.63) is 99.4 Å². The van der Waals surface area contributed by atoms with E-state index in [1.165, 1.54) is 0 Å². The molecule has 0 saturated heterocycles. The van der Waals surface area contributed by atoms with Crippen LogP contribution < -0.4 is 19.9 Å². The summed E-state index contributed by atoms with van der Waals surface area (Å²) in [5, 5.41) is 10.2. The predicted octanol–water partition coefficient (Wildman–Crippen LogP) is 5.16. The quantitative estimate of drug-likeness (QED) is 0.417. The molecule has 3 aromatic rings. The number of allylic oxidation sites excluding steroid dienone is 1. The second-order valence-corrected chi connectivity index (χ2v) is 8.07. The third-order valence-corrected chi connectivity index (χ3v) is 5.78. The van der Waals surface area contributed by atoms with Gasteiger partial charge in [-0.15, -0.1) is 0 Å². The zero-order valence-corrected chi connectivity index (χ0v) is 18.8. The maximum Gasteiger partial charge on any atom is 0.349 e. The van der Waals surface area contributed by atoms with Crippen molar-refractivity contribution >= 4 is 17.6 Å². The molecule has 1 unspecified atom stereocenters. The highest BCUT2D eigenvalue weighted by atomic mass is 35.5. The van der Waals surface area contributed by atoms with E-state index in [0.29, 0.717) is 22.1 Å². The molecule has 3 aromatic carbocycles. The van der Waals surface area contributed by atoms with Crippen molar-refractivity contribution < 1.29 is 19.0 Å². The highest BCUT2D eigenvalue weighted by molar-refractivity contribution is 6.30. The second kappa shape index (κ2) is 9.27. The summed E-state index contributed by atoms with van der Waals surface area (Å²) >= 11 is 6.01. The number of nitriles is 1. The lowest BCUT2D eigenvalue weighted by atomic mass is 9.83. The van der Waals surface area contributed by atoms with Gasteiger partial charge >= 0.3 is 5.97 Å². The SMILES string of the molecule is Cc1cccc(OCC(=O)Oc2ccc3c(c2)OC(N)=C(C#N)C3c2ccc(Cl)cc2)c1C. The molecule has 4 rings (SSSR count). The fraction of sp³-hybridized carbons (Fsp3) is 0.154. The third kappa shape index (κ3) is 4.64. The summed E-state index contributed by atoms with van der Waals surface area (Å²) in [6.45, 7) is 3.67. The number of ether oxygens (including phenoxy) is 3. The Balaban J connectivity index is 1.54. The van der Waals surface area contributed by atoms with Gasteiger partial charge in [0.2, 0.25) is 5.88 Å². The van der Waals surface area contributed by atoms with Gasteiger partial charge in [0.25, 0.3) is 0 Å². The largest absolute Gasteiger partial charge is 0.482 e. The van der Waals surface area contributed by atoms with Gasteiger partial charge in [-0.25, -0.2) is 4.79 Å². The minimum Gasteiger partial charge on any atom is -0.482 e. The average molecular weight is 461 g/mol. The van der Waals surface area contributed by atoms with Crippen LogP contribution in [0.5, 0.6) is 17.2 Å². The van der Waals surface area contributed by atoms with Gasteiger partial charge < -0.3 is 19.9 Å². The molecule has 0 saturated carbocycles. The number of benzene rings is 3. The minimum absolute atomic E-state index is 0.00619. The average Bonchev–Trinajstić information content (AvgIpc) is 2.79. The number of nitrogens with two attached hydrogens (primary N) is 1. The zero-order chi connectivity index (χ0) is 23.5.